The van der Waals surface area contributed by atoms with E-state index in [9.17, 15) is 14.4 Å². The van der Waals surface area contributed by atoms with E-state index in [0.717, 1.165) is 6.42 Å². The van der Waals surface area contributed by atoms with Gasteiger partial charge in [-0.05, 0) is 30.0 Å². The molecule has 1 saturated heterocycles. The van der Waals surface area contributed by atoms with Crippen molar-refractivity contribution in [1.29, 1.82) is 0 Å². The van der Waals surface area contributed by atoms with Crippen LogP contribution in [-0.4, -0.2) is 60.8 Å². The monoisotopic (exact) mass is 407 g/mol. The van der Waals surface area contributed by atoms with Crippen LogP contribution < -0.4 is 10.1 Å². The summed E-state index contributed by atoms with van der Waals surface area (Å²) in [5.41, 5.74) is 1.84. The summed E-state index contributed by atoms with van der Waals surface area (Å²) in [5.74, 6) is 1.02. The maximum absolute atomic E-state index is 12.8. The second-order valence-electron chi connectivity index (χ2n) is 7.64. The Morgan fingerprint density at radius 1 is 1.00 bits per heavy atom. The molecule has 1 heterocycles. The minimum Gasteiger partial charge on any atom is -0.484 e. The highest BCUT2D eigenvalue weighted by atomic mass is 16.5. The summed E-state index contributed by atoms with van der Waals surface area (Å²) in [6, 6.07) is 17.1. The van der Waals surface area contributed by atoms with Gasteiger partial charge >= 0.3 is 0 Å². The van der Waals surface area contributed by atoms with Crippen molar-refractivity contribution in [2.24, 2.45) is 5.92 Å². The smallest absolute Gasteiger partial charge is 0.260 e. The third kappa shape index (κ3) is 4.62. The van der Waals surface area contributed by atoms with Gasteiger partial charge in [-0.2, -0.15) is 0 Å². The molecule has 7 nitrogen and oxygen atoms in total. The van der Waals surface area contributed by atoms with Crippen LogP contribution in [0, 0.1) is 5.92 Å². The van der Waals surface area contributed by atoms with E-state index >= 15 is 0 Å². The first kappa shape index (κ1) is 19.9. The fraction of sp³-hybridized carbons (Fsp3) is 0.348. The molecule has 156 valence electrons. The number of carbonyl (C=O) groups is 3. The number of hydrogen-bond acceptors (Lipinski definition) is 4. The molecule has 2 aliphatic rings. The van der Waals surface area contributed by atoms with E-state index in [1.807, 2.05) is 23.1 Å². The Morgan fingerprint density at radius 3 is 2.47 bits per heavy atom. The molecule has 30 heavy (non-hydrogen) atoms. The fourth-order valence-electron chi connectivity index (χ4n) is 3.93. The highest BCUT2D eigenvalue weighted by molar-refractivity contribution is 5.84. The summed E-state index contributed by atoms with van der Waals surface area (Å²) in [5, 5.41) is 2.55. The van der Waals surface area contributed by atoms with Crippen LogP contribution in [0.1, 0.15) is 17.9 Å². The molecule has 0 aromatic heterocycles. The number of amides is 3. The van der Waals surface area contributed by atoms with Gasteiger partial charge in [0.25, 0.3) is 5.91 Å². The quantitative estimate of drug-likeness (QED) is 0.713. The van der Waals surface area contributed by atoms with Crippen LogP contribution in [0.5, 0.6) is 5.75 Å². The van der Waals surface area contributed by atoms with Gasteiger partial charge in [-0.15, -0.1) is 0 Å². The molecule has 1 saturated carbocycles. The van der Waals surface area contributed by atoms with Crippen molar-refractivity contribution in [2.45, 2.75) is 12.3 Å². The zero-order chi connectivity index (χ0) is 20.9. The summed E-state index contributed by atoms with van der Waals surface area (Å²) in [4.78, 5) is 39.4. The molecule has 7 heteroatoms. The number of carbonyl (C=O) groups excluding carboxylic acids is 3. The predicted octanol–water partition coefficient (Wildman–Crippen LogP) is 2.11. The Morgan fingerprint density at radius 2 is 1.73 bits per heavy atom. The minimum atomic E-state index is -0.107. The molecule has 0 bridgehead atoms. The highest BCUT2D eigenvalue weighted by Gasteiger charge is 2.46. The standard InChI is InChI=1S/C23H25N3O4/c27-16-24-18-7-4-8-19(13-18)30-15-22(28)25-9-11-26(12-10-25)23(29)21-14-20(21)17-5-2-1-3-6-17/h1-8,13,16,20-21H,9-12,14-15H2,(H,24,27)/t20-,21+/m0/s1. The van der Waals surface area contributed by atoms with E-state index in [0.29, 0.717) is 49.9 Å². The Labute approximate surface area is 175 Å². The van der Waals surface area contributed by atoms with Crippen LogP contribution in [0.25, 0.3) is 0 Å². The lowest BCUT2D eigenvalue weighted by molar-refractivity contribution is -0.141. The average molecular weight is 407 g/mol. The largest absolute Gasteiger partial charge is 0.484 e. The van der Waals surface area contributed by atoms with E-state index in [2.05, 4.69) is 17.4 Å². The Balaban J connectivity index is 1.22. The van der Waals surface area contributed by atoms with E-state index in [1.165, 1.54) is 5.56 Å². The van der Waals surface area contributed by atoms with Crippen LogP contribution in [0.2, 0.25) is 0 Å². The summed E-state index contributed by atoms with van der Waals surface area (Å²) in [6.07, 6.45) is 1.50. The maximum Gasteiger partial charge on any atom is 0.260 e. The second kappa shape index (κ2) is 8.98. The van der Waals surface area contributed by atoms with Crippen molar-refractivity contribution >= 4 is 23.9 Å². The molecule has 4 rings (SSSR count). The number of rotatable bonds is 7. The second-order valence-corrected chi connectivity index (χ2v) is 7.64. The molecule has 2 aromatic rings. The number of benzene rings is 2. The molecule has 3 amide bonds. The third-order valence-electron chi connectivity index (χ3n) is 5.70. The van der Waals surface area contributed by atoms with E-state index in [4.69, 9.17) is 4.74 Å². The molecule has 2 aromatic carbocycles. The number of anilines is 1. The van der Waals surface area contributed by atoms with Gasteiger partial charge < -0.3 is 19.9 Å². The summed E-state index contributed by atoms with van der Waals surface area (Å²) in [6.45, 7) is 2.08. The molecule has 0 spiro atoms. The molecular formula is C23H25N3O4. The Kier molecular flexibility index (Phi) is 5.97. The van der Waals surface area contributed by atoms with E-state index < -0.39 is 0 Å². The Bertz CT molecular complexity index is 910. The maximum atomic E-state index is 12.8. The lowest BCUT2D eigenvalue weighted by Crippen LogP contribution is -2.52. The summed E-state index contributed by atoms with van der Waals surface area (Å²) < 4.78 is 5.57. The van der Waals surface area contributed by atoms with E-state index in [-0.39, 0.29) is 24.3 Å². The van der Waals surface area contributed by atoms with Gasteiger partial charge in [-0.1, -0.05) is 36.4 Å². The van der Waals surface area contributed by atoms with Crippen molar-refractivity contribution in [3.05, 3.63) is 60.2 Å². The van der Waals surface area contributed by atoms with Gasteiger partial charge in [0.1, 0.15) is 5.75 Å². The molecule has 2 atom stereocenters. The van der Waals surface area contributed by atoms with Crippen LogP contribution in [0.3, 0.4) is 0 Å². The number of hydrogen-bond donors (Lipinski definition) is 1. The van der Waals surface area contributed by atoms with Crippen molar-refractivity contribution in [2.75, 3.05) is 38.1 Å². The van der Waals surface area contributed by atoms with Gasteiger partial charge in [-0.25, -0.2) is 0 Å². The van der Waals surface area contributed by atoms with Crippen molar-refractivity contribution < 1.29 is 19.1 Å². The number of piperazine rings is 1. The zero-order valence-electron chi connectivity index (χ0n) is 16.7. The number of nitrogens with zero attached hydrogens (tertiary/aromatic N) is 2. The number of ether oxygens (including phenoxy) is 1. The van der Waals surface area contributed by atoms with Crippen LogP contribution in [0.15, 0.2) is 54.6 Å². The molecule has 1 N–H and O–H groups in total. The number of nitrogens with one attached hydrogen (secondary N) is 1. The summed E-state index contributed by atoms with van der Waals surface area (Å²) in [7, 11) is 0. The third-order valence-corrected chi connectivity index (χ3v) is 5.70. The van der Waals surface area contributed by atoms with Crippen molar-refractivity contribution in [1.82, 2.24) is 9.80 Å². The van der Waals surface area contributed by atoms with Crippen molar-refractivity contribution in [3.8, 4) is 5.75 Å². The van der Waals surface area contributed by atoms with Gasteiger partial charge in [0, 0.05) is 43.9 Å². The predicted molar refractivity (Wildman–Crippen MR) is 112 cm³/mol. The van der Waals surface area contributed by atoms with E-state index in [1.54, 1.807) is 29.2 Å². The topological polar surface area (TPSA) is 79.0 Å². The zero-order valence-corrected chi connectivity index (χ0v) is 16.7. The molecular weight excluding hydrogens is 382 g/mol. The normalized spacial score (nSPS) is 20.4. The lowest BCUT2D eigenvalue weighted by Gasteiger charge is -2.35. The SMILES string of the molecule is O=CNc1cccc(OCC(=O)N2CCN(C(=O)[C@@H]3C[C@H]3c3ccccc3)CC2)c1. The fourth-order valence-corrected chi connectivity index (χ4v) is 3.93. The van der Waals surface area contributed by atoms with Crippen LogP contribution in [0.4, 0.5) is 5.69 Å². The van der Waals surface area contributed by atoms with Crippen LogP contribution in [-0.2, 0) is 14.4 Å². The van der Waals surface area contributed by atoms with Crippen LogP contribution >= 0.6 is 0 Å². The molecule has 1 aliphatic carbocycles. The molecule has 0 unspecified atom stereocenters. The van der Waals surface area contributed by atoms with Gasteiger partial charge in [0.2, 0.25) is 12.3 Å². The molecule has 0 radical (unpaired) electrons. The minimum absolute atomic E-state index is 0.0722. The van der Waals surface area contributed by atoms with Gasteiger partial charge in [0.15, 0.2) is 6.61 Å². The summed E-state index contributed by atoms with van der Waals surface area (Å²) >= 11 is 0. The highest BCUT2D eigenvalue weighted by Crippen LogP contribution is 2.48. The Hall–Kier alpha value is -3.35. The molecule has 1 aliphatic heterocycles. The lowest BCUT2D eigenvalue weighted by atomic mass is 10.1. The van der Waals surface area contributed by atoms with Crippen molar-refractivity contribution in [3.63, 3.8) is 0 Å². The molecule has 2 fully saturated rings. The van der Waals surface area contributed by atoms with Gasteiger partial charge in [0.05, 0.1) is 0 Å². The average Bonchev–Trinajstić information content (AvgIpc) is 3.59. The first-order chi connectivity index (χ1) is 14.7. The first-order valence-electron chi connectivity index (χ1n) is 10.2. The first-order valence-corrected chi connectivity index (χ1v) is 10.2. The van der Waals surface area contributed by atoms with Gasteiger partial charge in [-0.3, -0.25) is 14.4 Å².